The van der Waals surface area contributed by atoms with Gasteiger partial charge in [0.05, 0.1) is 29.3 Å². The van der Waals surface area contributed by atoms with Gasteiger partial charge in [-0.15, -0.1) is 0 Å². The third-order valence-corrected chi connectivity index (χ3v) is 19.2. The van der Waals surface area contributed by atoms with E-state index in [9.17, 15) is 14.4 Å². The highest BCUT2D eigenvalue weighted by atomic mass is 16.6. The molecule has 60 heavy (non-hydrogen) atoms. The Hall–Kier alpha value is -3.75. The number of esters is 1. The van der Waals surface area contributed by atoms with E-state index in [1.807, 2.05) is 38.2 Å². The van der Waals surface area contributed by atoms with Crippen LogP contribution in [-0.2, 0) is 28.7 Å². The Balaban J connectivity index is 0.989. The molecule has 1 N–H and O–H groups in total. The van der Waals surface area contributed by atoms with Crippen LogP contribution in [0.1, 0.15) is 151 Å². The van der Waals surface area contributed by atoms with Crippen LogP contribution in [0.2, 0.25) is 0 Å². The first-order valence-corrected chi connectivity index (χ1v) is 23.3. The second kappa shape index (κ2) is 14.1. The molecule has 2 heterocycles. The van der Waals surface area contributed by atoms with E-state index in [1.54, 1.807) is 0 Å². The number of H-pyrrole nitrogens is 1. The Kier molecular flexibility index (Phi) is 9.80. The van der Waals surface area contributed by atoms with Gasteiger partial charge in [-0.3, -0.25) is 19.2 Å². The van der Waals surface area contributed by atoms with Crippen molar-refractivity contribution in [3.05, 3.63) is 53.5 Å². The molecule has 1 aromatic carbocycles. The molecule has 6 fully saturated rings. The largest absolute Gasteiger partial charge is 0.464 e. The van der Waals surface area contributed by atoms with Crippen LogP contribution in [0.15, 0.2) is 47.7 Å². The summed E-state index contributed by atoms with van der Waals surface area (Å²) < 4.78 is 11.8. The third kappa shape index (κ3) is 5.70. The van der Waals surface area contributed by atoms with E-state index in [-0.39, 0.29) is 75.3 Å². The van der Waals surface area contributed by atoms with E-state index in [1.165, 1.54) is 5.57 Å². The van der Waals surface area contributed by atoms with Gasteiger partial charge in [0, 0.05) is 23.8 Å². The summed E-state index contributed by atoms with van der Waals surface area (Å²) >= 11 is 0. The van der Waals surface area contributed by atoms with Crippen molar-refractivity contribution in [1.82, 2.24) is 14.9 Å². The van der Waals surface area contributed by atoms with Crippen LogP contribution in [-0.4, -0.2) is 57.8 Å². The van der Waals surface area contributed by atoms with E-state index >= 15 is 4.79 Å². The molecule has 0 radical (unpaired) electrons. The van der Waals surface area contributed by atoms with E-state index in [2.05, 4.69) is 70.5 Å². The molecule has 1 aliphatic heterocycles. The molecule has 5 saturated carbocycles. The number of hydrogen-bond donors (Lipinski definition) is 1. The molecule has 1 amide bonds. The average molecular weight is 820 g/mol. The number of fused-ring (bicyclic) bond motifs is 7. The number of Topliss-reactive ketones (excluding diaryl/α,β-unsaturated/α-hetero) is 1. The Bertz CT molecular complexity index is 2100. The number of amides is 1. The van der Waals surface area contributed by atoms with Gasteiger partial charge in [-0.1, -0.05) is 92.6 Å². The lowest BCUT2D eigenvalue weighted by atomic mass is 9.33. The SMILES string of the molecule is CC(C)C1=C2[C@H]3CC[C@@H]4[C@@]5(C)CC[C@H](OC(=O)[C@H]6C[C@@H](OC=O)C6(C)C)C(C)(C)[C@@H]5CC[C@@]4(C)[C@]3(C)CC[C@@]2(C(=O)N2CCCC2c2ncc(-c3ccccc3)[nH]2)CC1=O. The lowest BCUT2D eigenvalue weighted by Crippen LogP contribution is -2.66. The van der Waals surface area contributed by atoms with Crippen molar-refractivity contribution in [2.75, 3.05) is 6.54 Å². The van der Waals surface area contributed by atoms with E-state index in [0.717, 1.165) is 86.9 Å². The number of nitrogens with one attached hydrogen (secondary N) is 1. The number of ether oxygens (including phenoxy) is 2. The van der Waals surface area contributed by atoms with Crippen LogP contribution in [0.25, 0.3) is 11.3 Å². The van der Waals surface area contributed by atoms with Crippen LogP contribution < -0.4 is 0 Å². The highest BCUT2D eigenvalue weighted by Crippen LogP contribution is 2.77. The molecule has 2 aromatic rings. The number of carbonyl (C=O) groups is 4. The zero-order chi connectivity index (χ0) is 42.8. The number of allylic oxidation sites excluding steroid dienone is 1. The van der Waals surface area contributed by atoms with Crippen molar-refractivity contribution in [2.45, 2.75) is 158 Å². The molecule has 11 atom stereocenters. The van der Waals surface area contributed by atoms with E-state index in [4.69, 9.17) is 14.5 Å². The Labute approximate surface area is 357 Å². The average Bonchev–Trinajstić information content (AvgIpc) is 3.96. The molecule has 0 bridgehead atoms. The van der Waals surface area contributed by atoms with Gasteiger partial charge in [0.25, 0.3) is 6.47 Å². The van der Waals surface area contributed by atoms with Crippen molar-refractivity contribution in [3.8, 4) is 11.3 Å². The van der Waals surface area contributed by atoms with Gasteiger partial charge >= 0.3 is 5.97 Å². The number of benzene rings is 1. The number of carbonyl (C=O) groups excluding carboxylic acids is 4. The molecule has 9 rings (SSSR count). The molecular formula is C51H69N3O6. The van der Waals surface area contributed by atoms with E-state index in [0.29, 0.717) is 37.7 Å². The topological polar surface area (TPSA) is 119 Å². The normalized spacial score (nSPS) is 40.2. The van der Waals surface area contributed by atoms with Crippen LogP contribution in [0.3, 0.4) is 0 Å². The lowest BCUT2D eigenvalue weighted by molar-refractivity contribution is -0.237. The summed E-state index contributed by atoms with van der Waals surface area (Å²) in [6.07, 6.45) is 11.8. The quantitative estimate of drug-likeness (QED) is 0.208. The van der Waals surface area contributed by atoms with Crippen LogP contribution in [0.4, 0.5) is 0 Å². The van der Waals surface area contributed by atoms with E-state index < -0.39 is 10.8 Å². The fraction of sp³-hybridized carbons (Fsp3) is 0.706. The fourth-order valence-electron chi connectivity index (χ4n) is 15.7. The van der Waals surface area contributed by atoms with Crippen LogP contribution >= 0.6 is 0 Å². The smallest absolute Gasteiger partial charge is 0.310 e. The van der Waals surface area contributed by atoms with Gasteiger partial charge in [-0.05, 0) is 127 Å². The minimum Gasteiger partial charge on any atom is -0.464 e. The minimum absolute atomic E-state index is 0.0262. The van der Waals surface area contributed by atoms with Crippen molar-refractivity contribution in [2.24, 2.45) is 62.1 Å². The van der Waals surface area contributed by atoms with Gasteiger partial charge in [0.2, 0.25) is 5.91 Å². The minimum atomic E-state index is -0.791. The highest BCUT2D eigenvalue weighted by Gasteiger charge is 2.71. The summed E-state index contributed by atoms with van der Waals surface area (Å²) in [5.74, 6) is 1.87. The third-order valence-electron chi connectivity index (χ3n) is 19.2. The van der Waals surface area contributed by atoms with Gasteiger partial charge < -0.3 is 19.4 Å². The lowest BCUT2D eigenvalue weighted by Gasteiger charge is -2.72. The zero-order valence-electron chi connectivity index (χ0n) is 37.7. The number of imidazole rings is 1. The number of rotatable bonds is 8. The number of ketones is 1. The summed E-state index contributed by atoms with van der Waals surface area (Å²) in [5.41, 5.74) is 2.80. The molecule has 0 spiro atoms. The maximum absolute atomic E-state index is 15.5. The van der Waals surface area contributed by atoms with Gasteiger partial charge in [0.1, 0.15) is 18.0 Å². The molecule has 9 heteroatoms. The molecule has 9 nitrogen and oxygen atoms in total. The number of aromatic nitrogens is 2. The van der Waals surface area contributed by atoms with Gasteiger partial charge in [-0.25, -0.2) is 4.98 Å². The summed E-state index contributed by atoms with van der Waals surface area (Å²) in [7, 11) is 0. The Morgan fingerprint density at radius 1 is 0.867 bits per heavy atom. The first-order chi connectivity index (χ1) is 28.3. The summed E-state index contributed by atoms with van der Waals surface area (Å²) in [6, 6.07) is 10.1. The van der Waals surface area contributed by atoms with Crippen LogP contribution in [0.5, 0.6) is 0 Å². The van der Waals surface area contributed by atoms with Crippen molar-refractivity contribution >= 4 is 24.1 Å². The number of nitrogens with zero attached hydrogens (tertiary/aromatic N) is 2. The van der Waals surface area contributed by atoms with Gasteiger partial charge in [-0.2, -0.15) is 0 Å². The molecule has 7 aliphatic rings. The molecule has 1 saturated heterocycles. The number of likely N-dealkylation sites (tertiary alicyclic amines) is 1. The van der Waals surface area contributed by atoms with Gasteiger partial charge in [0.15, 0.2) is 5.78 Å². The first-order valence-electron chi connectivity index (χ1n) is 23.3. The standard InChI is InChI=1S/C51H69N3O6/c1-30(2)41-36(56)27-51(45(58)54-25-13-16-35(54)43-52-28-34(53-43)31-14-11-10-12-15-31)24-23-49(8)32(42(41)51)17-18-38-48(7)21-20-39(47(5,6)37(48)19-22-50(38,49)9)60-44(57)33-26-40(59-29-55)46(33,3)4/h10-12,14-15,28-30,32-33,35,37-40H,13,16-27H2,1-9H3,(H,52,53)/t32-,33-,35?,37+,38-,39+,40-,48+,49-,50-,51-/m1/s1. The predicted molar refractivity (Wildman–Crippen MR) is 230 cm³/mol. The number of aromatic amines is 1. The Morgan fingerprint density at radius 3 is 2.32 bits per heavy atom. The molecule has 1 unspecified atom stereocenters. The van der Waals surface area contributed by atoms with Crippen molar-refractivity contribution < 1.29 is 28.7 Å². The fourth-order valence-corrected chi connectivity index (χ4v) is 15.7. The zero-order valence-corrected chi connectivity index (χ0v) is 37.7. The van der Waals surface area contributed by atoms with Crippen molar-refractivity contribution in [3.63, 3.8) is 0 Å². The second-order valence-corrected chi connectivity index (χ2v) is 22.6. The second-order valence-electron chi connectivity index (χ2n) is 22.6. The predicted octanol–water partition coefficient (Wildman–Crippen LogP) is 10.2. The monoisotopic (exact) mass is 820 g/mol. The Morgan fingerprint density at radius 2 is 1.62 bits per heavy atom. The maximum Gasteiger partial charge on any atom is 0.310 e. The highest BCUT2D eigenvalue weighted by molar-refractivity contribution is 6.07. The van der Waals surface area contributed by atoms with Crippen LogP contribution in [0, 0.1) is 62.1 Å². The molecular weight excluding hydrogens is 751 g/mol. The molecule has 6 aliphatic carbocycles. The summed E-state index contributed by atoms with van der Waals surface area (Å²) in [6.45, 7) is 21.9. The molecule has 324 valence electrons. The summed E-state index contributed by atoms with van der Waals surface area (Å²) in [5, 5.41) is 0. The van der Waals surface area contributed by atoms with Crippen molar-refractivity contribution in [1.29, 1.82) is 0 Å². The first kappa shape index (κ1) is 41.6. The maximum atomic E-state index is 15.5. The summed E-state index contributed by atoms with van der Waals surface area (Å²) in [4.78, 5) is 65.3. The number of hydrogen-bond acceptors (Lipinski definition) is 7. The molecule has 1 aromatic heterocycles.